The van der Waals surface area contributed by atoms with E-state index >= 15 is 9.59 Å². The van der Waals surface area contributed by atoms with Gasteiger partial charge in [-0.3, -0.25) is 30.8 Å². The van der Waals surface area contributed by atoms with Gasteiger partial charge in [0.05, 0.1) is 6.10 Å². The number of unbranched alkanes of at least 4 members (excludes halogenated alkanes) is 1. The summed E-state index contributed by atoms with van der Waals surface area (Å²) in [5.41, 5.74) is 36.0. The molecule has 7 rings (SSSR count). The molecule has 0 aromatic heterocycles. The number of amides is 5. The first-order chi connectivity index (χ1) is 35.0. The van der Waals surface area contributed by atoms with Gasteiger partial charge in [-0.15, -0.1) is 0 Å². The molecule has 0 radical (unpaired) electrons. The number of ether oxygens (including phenoxy) is 3. The number of benzene rings is 4. The van der Waals surface area contributed by atoms with Crippen molar-refractivity contribution in [3.8, 4) is 22.3 Å². The van der Waals surface area contributed by atoms with Crippen molar-refractivity contribution in [2.45, 2.75) is 107 Å². The second-order valence-electron chi connectivity index (χ2n) is 18.8. The number of esters is 1. The Morgan fingerprint density at radius 1 is 0.767 bits per heavy atom. The van der Waals surface area contributed by atoms with E-state index in [2.05, 4.69) is 15.6 Å². The van der Waals surface area contributed by atoms with Gasteiger partial charge < -0.3 is 52.1 Å². The maximum Gasteiger partial charge on any atom is 0.417 e. The molecule has 0 unspecified atom stereocenters. The molecule has 1 heterocycles. The maximum atomic E-state index is 15.2. The van der Waals surface area contributed by atoms with Crippen molar-refractivity contribution in [2.24, 2.45) is 33.7 Å². The number of hydrogen-bond donors (Lipinski definition) is 8. The number of aliphatic hydroxyl groups excluding tert-OH is 1. The molecule has 388 valence electrons. The minimum Gasteiger partial charge on any atom is -0.449 e. The van der Waals surface area contributed by atoms with Gasteiger partial charge in [-0.2, -0.15) is 0 Å². The summed E-state index contributed by atoms with van der Waals surface area (Å²) in [6.07, 6.45) is -2.74. The van der Waals surface area contributed by atoms with Crippen LogP contribution in [0.3, 0.4) is 0 Å². The van der Waals surface area contributed by atoms with Gasteiger partial charge in [-0.1, -0.05) is 97.1 Å². The lowest BCUT2D eigenvalue weighted by Gasteiger charge is -2.36. The molecule has 1 fully saturated rings. The van der Waals surface area contributed by atoms with Crippen LogP contribution in [0.1, 0.15) is 92.9 Å². The number of nitrogens with two attached hydrogens (primary N) is 5. The van der Waals surface area contributed by atoms with Crippen LogP contribution in [0.2, 0.25) is 0 Å². The summed E-state index contributed by atoms with van der Waals surface area (Å²) in [6, 6.07) is 24.9. The zero-order valence-corrected chi connectivity index (χ0v) is 41.1. The van der Waals surface area contributed by atoms with Crippen LogP contribution < -0.4 is 39.3 Å². The molecule has 5 atom stereocenters. The van der Waals surface area contributed by atoms with Crippen molar-refractivity contribution < 1.29 is 48.1 Å². The summed E-state index contributed by atoms with van der Waals surface area (Å²) in [6.45, 7) is 2.49. The van der Waals surface area contributed by atoms with Gasteiger partial charge in [-0.05, 0) is 103 Å². The minimum absolute atomic E-state index is 0.00128. The SMILES string of the molecule is C[C@@H](O)[C@H](NC(=O)OCC1c2ccccc2-c2ccccc21)C(=O)N(C(=O)OCC1c2ccccc2-c2ccccc21)[C@@H](CCCCN)C(=O)N1CCC[C@H]1C(=O)N[C@@H](CCCN=C(N)N)C(=O)OC(C)(N)N. The Morgan fingerprint density at radius 3 is 1.78 bits per heavy atom. The van der Waals surface area contributed by atoms with Crippen molar-refractivity contribution in [1.29, 1.82) is 0 Å². The molecule has 1 saturated heterocycles. The highest BCUT2D eigenvalue weighted by atomic mass is 16.6. The molecule has 5 amide bonds. The summed E-state index contributed by atoms with van der Waals surface area (Å²) in [5.74, 6) is -6.48. The van der Waals surface area contributed by atoms with E-state index < -0.39 is 77.9 Å². The Labute approximate surface area is 423 Å². The van der Waals surface area contributed by atoms with Crippen LogP contribution in [0.4, 0.5) is 9.59 Å². The van der Waals surface area contributed by atoms with Gasteiger partial charge in [0.2, 0.25) is 17.7 Å². The summed E-state index contributed by atoms with van der Waals surface area (Å²) >= 11 is 0. The summed E-state index contributed by atoms with van der Waals surface area (Å²) in [4.78, 5) is 92.5. The Balaban J connectivity index is 1.17. The molecular formula is C53H66N10O10. The molecular weight excluding hydrogens is 937 g/mol. The average molecular weight is 1000 g/mol. The molecule has 0 spiro atoms. The van der Waals surface area contributed by atoms with E-state index in [1.54, 1.807) is 0 Å². The van der Waals surface area contributed by atoms with E-state index in [-0.39, 0.29) is 76.8 Å². The number of guanidine groups is 1. The fraction of sp³-hybridized carbons (Fsp3) is 0.415. The number of carbonyl (C=O) groups is 6. The molecule has 3 aliphatic rings. The van der Waals surface area contributed by atoms with Gasteiger partial charge in [0.15, 0.2) is 5.96 Å². The lowest BCUT2D eigenvalue weighted by molar-refractivity contribution is -0.161. The van der Waals surface area contributed by atoms with Crippen LogP contribution >= 0.6 is 0 Å². The van der Waals surface area contributed by atoms with E-state index in [0.29, 0.717) is 17.7 Å². The first-order valence-electron chi connectivity index (χ1n) is 24.6. The quantitative estimate of drug-likeness (QED) is 0.0148. The fourth-order valence-corrected chi connectivity index (χ4v) is 9.99. The second kappa shape index (κ2) is 23.9. The summed E-state index contributed by atoms with van der Waals surface area (Å²) < 4.78 is 17.0. The summed E-state index contributed by atoms with van der Waals surface area (Å²) in [5, 5.41) is 16.4. The van der Waals surface area contributed by atoms with Crippen LogP contribution in [0, 0.1) is 0 Å². The first-order valence-corrected chi connectivity index (χ1v) is 24.6. The lowest BCUT2D eigenvalue weighted by Crippen LogP contribution is -2.62. The number of likely N-dealkylation sites (tertiary alicyclic amines) is 1. The highest BCUT2D eigenvalue weighted by molar-refractivity contribution is 6.02. The van der Waals surface area contributed by atoms with E-state index in [9.17, 15) is 24.3 Å². The number of aliphatic imine (C=N–C) groups is 1. The zero-order valence-electron chi connectivity index (χ0n) is 41.1. The molecule has 0 saturated carbocycles. The first kappa shape index (κ1) is 53.4. The van der Waals surface area contributed by atoms with Gasteiger partial charge in [0.25, 0.3) is 5.91 Å². The van der Waals surface area contributed by atoms with Gasteiger partial charge >= 0.3 is 18.2 Å². The Kier molecular flexibility index (Phi) is 17.5. The molecule has 20 nitrogen and oxygen atoms in total. The van der Waals surface area contributed by atoms with Crippen LogP contribution in [0.25, 0.3) is 22.3 Å². The van der Waals surface area contributed by atoms with E-state index in [4.69, 9.17) is 42.9 Å². The number of imide groups is 1. The normalized spacial score (nSPS) is 16.4. The van der Waals surface area contributed by atoms with Gasteiger partial charge in [0, 0.05) is 31.8 Å². The Morgan fingerprint density at radius 2 is 1.29 bits per heavy atom. The molecule has 4 aromatic rings. The molecule has 1 aliphatic heterocycles. The van der Waals surface area contributed by atoms with Crippen LogP contribution in [0.5, 0.6) is 0 Å². The third-order valence-corrected chi connectivity index (χ3v) is 13.4. The number of alkyl carbamates (subject to hydrolysis) is 1. The second-order valence-corrected chi connectivity index (χ2v) is 18.8. The number of fused-ring (bicyclic) bond motifs is 6. The smallest absolute Gasteiger partial charge is 0.417 e. The Bertz CT molecular complexity index is 2600. The molecule has 13 N–H and O–H groups in total. The number of aliphatic hydroxyl groups is 1. The van der Waals surface area contributed by atoms with Crippen molar-refractivity contribution in [3.63, 3.8) is 0 Å². The number of nitrogens with zero attached hydrogens (tertiary/aromatic N) is 3. The van der Waals surface area contributed by atoms with E-state index in [1.807, 2.05) is 97.1 Å². The molecule has 0 bridgehead atoms. The number of carbonyl (C=O) groups excluding carboxylic acids is 6. The van der Waals surface area contributed by atoms with E-state index in [1.165, 1.54) is 18.7 Å². The predicted octanol–water partition coefficient (Wildman–Crippen LogP) is 3.21. The predicted molar refractivity (Wildman–Crippen MR) is 272 cm³/mol. The van der Waals surface area contributed by atoms with Crippen molar-refractivity contribution in [1.82, 2.24) is 20.4 Å². The molecule has 20 heteroatoms. The third-order valence-electron chi connectivity index (χ3n) is 13.4. The van der Waals surface area contributed by atoms with Crippen molar-refractivity contribution >= 4 is 41.8 Å². The van der Waals surface area contributed by atoms with Crippen molar-refractivity contribution in [3.05, 3.63) is 119 Å². The standard InChI is InChI=1S/C53H66N10O10/c1-31(64)45(61-51(69)71-29-40-36-19-7-3-15-32(36)33-16-4-8-20-37(33)40)48(67)63(52(70)72-30-41-38-21-9-5-17-34(38)35-18-6-10-22-39(35)41)44(24-11-12-26-54)47(66)62-28-14-25-43(62)46(65)60-42(23-13-27-59-50(55)56)49(68)73-53(2,57)58/h3-10,15-22,31,40-45,64H,11-14,23-30,54,57-58H2,1-2H3,(H,60,65)(H,61,69)(H4,55,56,59)/t31-,42+,43+,44+,45+/m1/s1. The van der Waals surface area contributed by atoms with Gasteiger partial charge in [-0.25, -0.2) is 19.3 Å². The Hall–Kier alpha value is -7.39. The average Bonchev–Trinajstić information content (AvgIpc) is 4.07. The summed E-state index contributed by atoms with van der Waals surface area (Å²) in [7, 11) is 0. The van der Waals surface area contributed by atoms with Crippen LogP contribution in [-0.4, -0.2) is 126 Å². The van der Waals surface area contributed by atoms with Crippen LogP contribution in [0.15, 0.2) is 102 Å². The monoisotopic (exact) mass is 1000 g/mol. The highest BCUT2D eigenvalue weighted by Gasteiger charge is 2.46. The third kappa shape index (κ3) is 12.6. The van der Waals surface area contributed by atoms with E-state index in [0.717, 1.165) is 44.5 Å². The van der Waals surface area contributed by atoms with Crippen LogP contribution in [-0.2, 0) is 33.4 Å². The van der Waals surface area contributed by atoms with Crippen molar-refractivity contribution in [2.75, 3.05) is 32.8 Å². The largest absolute Gasteiger partial charge is 0.449 e. The minimum atomic E-state index is -1.88. The zero-order chi connectivity index (χ0) is 52.4. The number of nitrogens with one attached hydrogen (secondary N) is 2. The lowest BCUT2D eigenvalue weighted by atomic mass is 9.98. The number of hydrogen-bond acceptors (Lipinski definition) is 14. The topological polar surface area (TPSA) is 323 Å². The highest BCUT2D eigenvalue weighted by Crippen LogP contribution is 2.46. The molecule has 2 aliphatic carbocycles. The fourth-order valence-electron chi connectivity index (χ4n) is 9.99. The molecule has 73 heavy (non-hydrogen) atoms. The van der Waals surface area contributed by atoms with Gasteiger partial charge in [0.1, 0.15) is 37.4 Å². The molecule has 4 aromatic carbocycles. The maximum absolute atomic E-state index is 15.2. The number of rotatable bonds is 21.